The number of hydrogen-bond acceptors (Lipinski definition) is 5. The fraction of sp³-hybridized carbons (Fsp3) is 0.125. The van der Waals surface area contributed by atoms with Crippen LogP contribution in [0, 0.1) is 6.92 Å². The Morgan fingerprint density at radius 3 is 2.50 bits per heavy atom. The van der Waals surface area contributed by atoms with E-state index >= 15 is 0 Å². The van der Waals surface area contributed by atoms with E-state index < -0.39 is 0 Å². The average Bonchev–Trinajstić information content (AvgIpc) is 2.96. The lowest BCUT2D eigenvalue weighted by Gasteiger charge is -2.05. The summed E-state index contributed by atoms with van der Waals surface area (Å²) in [7, 11) is 0. The molecule has 1 N–H and O–H groups in total. The van der Waals surface area contributed by atoms with E-state index in [2.05, 4.69) is 45.0 Å². The summed E-state index contributed by atoms with van der Waals surface area (Å²) in [6.07, 6.45) is 0. The van der Waals surface area contributed by atoms with Crippen LogP contribution in [0.15, 0.2) is 59.7 Å². The van der Waals surface area contributed by atoms with Crippen LogP contribution in [0.4, 0.5) is 11.6 Å². The molecule has 0 aliphatic carbocycles. The summed E-state index contributed by atoms with van der Waals surface area (Å²) >= 11 is 0. The lowest BCUT2D eigenvalue weighted by Crippen LogP contribution is -2.05. The molecule has 22 heavy (non-hydrogen) atoms. The molecular weight excluding hydrogens is 276 g/mol. The van der Waals surface area contributed by atoms with Crippen molar-refractivity contribution in [1.29, 1.82) is 0 Å². The molecule has 6 nitrogen and oxygen atoms in total. The number of tetrazole rings is 1. The molecule has 0 saturated carbocycles. The van der Waals surface area contributed by atoms with E-state index in [1.165, 1.54) is 10.4 Å². The molecule has 0 bridgehead atoms. The average molecular weight is 292 g/mol. The summed E-state index contributed by atoms with van der Waals surface area (Å²) < 4.78 is 0. The number of nitrogens with one attached hydrogen (secondary N) is 1. The first-order valence-electron chi connectivity index (χ1n) is 6.95. The first-order valence-corrected chi connectivity index (χ1v) is 6.95. The van der Waals surface area contributed by atoms with Crippen LogP contribution < -0.4 is 5.32 Å². The van der Waals surface area contributed by atoms with Crippen LogP contribution in [0.1, 0.15) is 18.1 Å². The van der Waals surface area contributed by atoms with E-state index in [0.29, 0.717) is 5.95 Å². The van der Waals surface area contributed by atoms with Gasteiger partial charge in [0.25, 0.3) is 5.95 Å². The van der Waals surface area contributed by atoms with Gasteiger partial charge in [0.2, 0.25) is 0 Å². The van der Waals surface area contributed by atoms with Crippen molar-refractivity contribution >= 4 is 17.3 Å². The fourth-order valence-corrected chi connectivity index (χ4v) is 1.97. The lowest BCUT2D eigenvalue weighted by molar-refractivity contribution is 0.695. The number of hydrogen-bond donors (Lipinski definition) is 1. The van der Waals surface area contributed by atoms with Gasteiger partial charge >= 0.3 is 0 Å². The molecule has 0 saturated heterocycles. The smallest absolute Gasteiger partial charge is 0.269 e. The van der Waals surface area contributed by atoms with Gasteiger partial charge in [-0.05, 0) is 42.0 Å². The Hall–Kier alpha value is -3.02. The fourth-order valence-electron chi connectivity index (χ4n) is 1.97. The standard InChI is InChI=1S/C16H16N6/c1-12-8-10-14(11-9-12)13(2)19-22-16(18-20-21-22)17-15-6-4-3-5-7-15/h3-11H,1-2H3,(H,17,18,21). The summed E-state index contributed by atoms with van der Waals surface area (Å²) in [4.78, 5) is 1.39. The van der Waals surface area contributed by atoms with E-state index in [-0.39, 0.29) is 0 Å². The van der Waals surface area contributed by atoms with Crippen LogP contribution >= 0.6 is 0 Å². The highest BCUT2D eigenvalue weighted by Crippen LogP contribution is 2.13. The SMILES string of the molecule is CC(=Nn1nnnc1Nc1ccccc1)c1ccc(C)cc1. The normalized spacial score (nSPS) is 11.5. The molecule has 0 aliphatic heterocycles. The van der Waals surface area contributed by atoms with Crippen LogP contribution in [0.3, 0.4) is 0 Å². The summed E-state index contributed by atoms with van der Waals surface area (Å²) in [5.41, 5.74) is 3.99. The first-order chi connectivity index (χ1) is 10.7. The van der Waals surface area contributed by atoms with Crippen LogP contribution in [-0.2, 0) is 0 Å². The molecule has 1 aromatic heterocycles. The van der Waals surface area contributed by atoms with Crippen molar-refractivity contribution in [3.05, 3.63) is 65.7 Å². The molecule has 0 radical (unpaired) electrons. The van der Waals surface area contributed by atoms with Gasteiger partial charge in [0.1, 0.15) is 0 Å². The summed E-state index contributed by atoms with van der Waals surface area (Å²) in [6.45, 7) is 3.98. The molecule has 6 heteroatoms. The number of nitrogens with zero attached hydrogens (tertiary/aromatic N) is 5. The molecule has 0 aliphatic rings. The highest BCUT2D eigenvalue weighted by atomic mass is 15.7. The van der Waals surface area contributed by atoms with Crippen molar-refractivity contribution in [2.75, 3.05) is 5.32 Å². The van der Waals surface area contributed by atoms with Crippen LogP contribution in [0.2, 0.25) is 0 Å². The van der Waals surface area contributed by atoms with Gasteiger partial charge in [-0.2, -0.15) is 5.10 Å². The molecule has 110 valence electrons. The number of rotatable bonds is 4. The van der Waals surface area contributed by atoms with Gasteiger partial charge < -0.3 is 5.32 Å². The summed E-state index contributed by atoms with van der Waals surface area (Å²) in [6, 6.07) is 17.9. The molecular formula is C16H16N6. The highest BCUT2D eigenvalue weighted by molar-refractivity contribution is 5.98. The monoisotopic (exact) mass is 292 g/mol. The molecule has 0 fully saturated rings. The van der Waals surface area contributed by atoms with Crippen LogP contribution in [0.25, 0.3) is 0 Å². The zero-order chi connectivity index (χ0) is 15.4. The maximum absolute atomic E-state index is 4.45. The quantitative estimate of drug-likeness (QED) is 0.751. The largest absolute Gasteiger partial charge is 0.321 e. The molecule has 2 aromatic carbocycles. The third kappa shape index (κ3) is 3.17. The van der Waals surface area contributed by atoms with E-state index in [0.717, 1.165) is 17.0 Å². The Morgan fingerprint density at radius 1 is 1.05 bits per heavy atom. The second-order valence-corrected chi connectivity index (χ2v) is 4.93. The molecule has 0 spiro atoms. The zero-order valence-corrected chi connectivity index (χ0v) is 12.4. The van der Waals surface area contributed by atoms with Gasteiger partial charge in [-0.1, -0.05) is 57.9 Å². The van der Waals surface area contributed by atoms with Gasteiger partial charge in [-0.3, -0.25) is 0 Å². The minimum atomic E-state index is 0.470. The van der Waals surface area contributed by atoms with Crippen molar-refractivity contribution < 1.29 is 0 Å². The van der Waals surface area contributed by atoms with E-state index in [1.54, 1.807) is 0 Å². The Morgan fingerprint density at radius 2 is 1.77 bits per heavy atom. The van der Waals surface area contributed by atoms with Crippen LogP contribution in [0.5, 0.6) is 0 Å². The zero-order valence-electron chi connectivity index (χ0n) is 12.4. The number of benzene rings is 2. The summed E-state index contributed by atoms with van der Waals surface area (Å²) in [5.74, 6) is 0.470. The van der Waals surface area contributed by atoms with Gasteiger partial charge in [0, 0.05) is 5.69 Å². The van der Waals surface area contributed by atoms with E-state index in [4.69, 9.17) is 0 Å². The Balaban J connectivity index is 1.85. The predicted octanol–water partition coefficient (Wildman–Crippen LogP) is 3.00. The Kier molecular flexibility index (Phi) is 3.91. The Bertz CT molecular complexity index is 774. The van der Waals surface area contributed by atoms with Gasteiger partial charge in [-0.15, -0.1) is 0 Å². The van der Waals surface area contributed by atoms with Gasteiger partial charge in [-0.25, -0.2) is 0 Å². The maximum Gasteiger partial charge on any atom is 0.269 e. The molecule has 3 rings (SSSR count). The van der Waals surface area contributed by atoms with Crippen molar-refractivity contribution in [2.24, 2.45) is 5.10 Å². The minimum absolute atomic E-state index is 0.470. The number of anilines is 2. The summed E-state index contributed by atoms with van der Waals surface area (Å²) in [5, 5.41) is 19.1. The second-order valence-electron chi connectivity index (χ2n) is 4.93. The minimum Gasteiger partial charge on any atom is -0.321 e. The molecule has 0 atom stereocenters. The van der Waals surface area contributed by atoms with Crippen molar-refractivity contribution in [2.45, 2.75) is 13.8 Å². The second kappa shape index (κ2) is 6.17. The van der Waals surface area contributed by atoms with Crippen LogP contribution in [-0.4, -0.2) is 26.0 Å². The third-order valence-electron chi connectivity index (χ3n) is 3.20. The molecule has 0 amide bonds. The van der Waals surface area contributed by atoms with Crippen molar-refractivity contribution in [3.63, 3.8) is 0 Å². The lowest BCUT2D eigenvalue weighted by atomic mass is 10.1. The molecule has 3 aromatic rings. The van der Waals surface area contributed by atoms with Crippen molar-refractivity contribution in [1.82, 2.24) is 20.3 Å². The predicted molar refractivity (Wildman–Crippen MR) is 86.3 cm³/mol. The number of aromatic nitrogens is 4. The third-order valence-corrected chi connectivity index (χ3v) is 3.20. The maximum atomic E-state index is 4.45. The molecule has 0 unspecified atom stereocenters. The highest BCUT2D eigenvalue weighted by Gasteiger charge is 2.06. The topological polar surface area (TPSA) is 68.0 Å². The van der Waals surface area contributed by atoms with Crippen molar-refractivity contribution in [3.8, 4) is 0 Å². The number of para-hydroxylation sites is 1. The van der Waals surface area contributed by atoms with E-state index in [1.807, 2.05) is 49.4 Å². The van der Waals surface area contributed by atoms with Gasteiger partial charge in [0.15, 0.2) is 0 Å². The number of aryl methyl sites for hydroxylation is 1. The Labute approximate surface area is 128 Å². The van der Waals surface area contributed by atoms with E-state index in [9.17, 15) is 0 Å². The molecule has 1 heterocycles. The first kappa shape index (κ1) is 13.9. The van der Waals surface area contributed by atoms with Gasteiger partial charge in [0.05, 0.1) is 5.71 Å².